The molecule has 0 saturated carbocycles. The van der Waals surface area contributed by atoms with Crippen molar-refractivity contribution in [1.29, 1.82) is 0 Å². The number of nitrogens with zero attached hydrogens (tertiary/aromatic N) is 1. The lowest BCUT2D eigenvalue weighted by Gasteiger charge is -2.26. The van der Waals surface area contributed by atoms with Gasteiger partial charge in [0.25, 0.3) is 0 Å². The van der Waals surface area contributed by atoms with E-state index in [0.717, 1.165) is 0 Å². The molecule has 100 valence electrons. The Morgan fingerprint density at radius 2 is 2.24 bits per heavy atom. The van der Waals surface area contributed by atoms with Crippen LogP contribution >= 0.6 is 11.8 Å². The van der Waals surface area contributed by atoms with Gasteiger partial charge in [0, 0.05) is 18.3 Å². The van der Waals surface area contributed by atoms with E-state index in [9.17, 15) is 13.2 Å². The van der Waals surface area contributed by atoms with Crippen molar-refractivity contribution in [1.82, 2.24) is 4.90 Å². The van der Waals surface area contributed by atoms with Gasteiger partial charge in [0.1, 0.15) is 0 Å². The van der Waals surface area contributed by atoms with Crippen molar-refractivity contribution < 1.29 is 18.3 Å². The highest BCUT2D eigenvalue weighted by Crippen LogP contribution is 2.18. The minimum absolute atomic E-state index is 0.0342. The molecule has 7 heteroatoms. The molecule has 1 saturated heterocycles. The maximum atomic E-state index is 11.9. The van der Waals surface area contributed by atoms with Crippen LogP contribution in [0.2, 0.25) is 0 Å². The summed E-state index contributed by atoms with van der Waals surface area (Å²) in [6, 6.07) is -0.160. The fourth-order valence-corrected chi connectivity index (χ4v) is 4.31. The van der Waals surface area contributed by atoms with Gasteiger partial charge in [-0.3, -0.25) is 4.79 Å². The minimum Gasteiger partial charge on any atom is -0.396 e. The van der Waals surface area contributed by atoms with Gasteiger partial charge in [-0.1, -0.05) is 0 Å². The summed E-state index contributed by atoms with van der Waals surface area (Å²) in [5.74, 6) is 1.09. The van der Waals surface area contributed by atoms with Gasteiger partial charge in [0.2, 0.25) is 5.91 Å². The van der Waals surface area contributed by atoms with Crippen LogP contribution < -0.4 is 0 Å². The zero-order chi connectivity index (χ0) is 12.9. The lowest BCUT2D eigenvalue weighted by Crippen LogP contribution is -2.42. The first-order chi connectivity index (χ1) is 8.00. The Balaban J connectivity index is 2.50. The van der Waals surface area contributed by atoms with Gasteiger partial charge in [-0.25, -0.2) is 8.42 Å². The SMILES string of the molecule is CCN(C(=O)CSCCO)C1CCS(=O)(=O)C1. The van der Waals surface area contributed by atoms with Crippen LogP contribution in [0.3, 0.4) is 0 Å². The summed E-state index contributed by atoms with van der Waals surface area (Å²) in [6.07, 6.45) is 0.548. The van der Waals surface area contributed by atoms with Crippen LogP contribution in [0.1, 0.15) is 13.3 Å². The molecule has 5 nitrogen and oxygen atoms in total. The Labute approximate surface area is 106 Å². The molecule has 1 rings (SSSR count). The van der Waals surface area contributed by atoms with E-state index in [4.69, 9.17) is 5.11 Å². The molecule has 1 amide bonds. The van der Waals surface area contributed by atoms with Gasteiger partial charge in [0.05, 0.1) is 23.9 Å². The Kier molecular flexibility index (Phi) is 5.75. The third kappa shape index (κ3) is 4.48. The molecule has 0 bridgehead atoms. The highest BCUT2D eigenvalue weighted by molar-refractivity contribution is 7.99. The van der Waals surface area contributed by atoms with Gasteiger partial charge in [-0.05, 0) is 13.3 Å². The fourth-order valence-electron chi connectivity index (χ4n) is 1.97. The van der Waals surface area contributed by atoms with Crippen molar-refractivity contribution >= 4 is 27.5 Å². The zero-order valence-corrected chi connectivity index (χ0v) is 11.6. The van der Waals surface area contributed by atoms with Crippen LogP contribution in [0.4, 0.5) is 0 Å². The lowest BCUT2D eigenvalue weighted by molar-refractivity contribution is -0.129. The van der Waals surface area contributed by atoms with E-state index in [2.05, 4.69) is 0 Å². The number of carbonyl (C=O) groups is 1. The van der Waals surface area contributed by atoms with Crippen LogP contribution in [0.15, 0.2) is 0 Å². The first-order valence-electron chi connectivity index (χ1n) is 5.68. The highest BCUT2D eigenvalue weighted by Gasteiger charge is 2.33. The standard InChI is InChI=1S/C10H19NO4S2/c1-2-11(10(13)7-16-5-4-12)9-3-6-17(14,15)8-9/h9,12H,2-8H2,1H3. The molecule has 17 heavy (non-hydrogen) atoms. The molecule has 1 heterocycles. The summed E-state index contributed by atoms with van der Waals surface area (Å²) in [5.41, 5.74) is 0. The second kappa shape index (κ2) is 6.61. The quantitative estimate of drug-likeness (QED) is 0.679. The summed E-state index contributed by atoms with van der Waals surface area (Å²) in [5, 5.41) is 8.63. The lowest BCUT2D eigenvalue weighted by atomic mass is 10.2. The number of amides is 1. The molecule has 1 N–H and O–H groups in total. The van der Waals surface area contributed by atoms with Crippen LogP contribution in [0, 0.1) is 0 Å². The summed E-state index contributed by atoms with van der Waals surface area (Å²) in [4.78, 5) is 13.5. The zero-order valence-electron chi connectivity index (χ0n) is 9.96. The van der Waals surface area contributed by atoms with Crippen LogP contribution in [0.25, 0.3) is 0 Å². The van der Waals surface area contributed by atoms with Crippen molar-refractivity contribution in [2.45, 2.75) is 19.4 Å². The van der Waals surface area contributed by atoms with Crippen molar-refractivity contribution in [3.8, 4) is 0 Å². The van der Waals surface area contributed by atoms with E-state index in [1.165, 1.54) is 11.8 Å². The molecule has 0 aromatic rings. The third-order valence-electron chi connectivity index (χ3n) is 2.77. The van der Waals surface area contributed by atoms with E-state index >= 15 is 0 Å². The van der Waals surface area contributed by atoms with E-state index < -0.39 is 9.84 Å². The second-order valence-corrected chi connectivity index (χ2v) is 7.35. The molecule has 0 aliphatic carbocycles. The molecular formula is C10H19NO4S2. The molecule has 0 radical (unpaired) electrons. The van der Waals surface area contributed by atoms with E-state index in [0.29, 0.717) is 24.5 Å². The average molecular weight is 281 g/mol. The second-order valence-electron chi connectivity index (χ2n) is 4.01. The molecule has 0 aromatic heterocycles. The first-order valence-corrected chi connectivity index (χ1v) is 8.66. The molecule has 1 fully saturated rings. The Bertz CT molecular complexity index is 355. The van der Waals surface area contributed by atoms with Gasteiger partial charge < -0.3 is 10.0 Å². The van der Waals surface area contributed by atoms with E-state index in [-0.39, 0.29) is 30.1 Å². The Morgan fingerprint density at radius 3 is 2.71 bits per heavy atom. The maximum Gasteiger partial charge on any atom is 0.232 e. The van der Waals surface area contributed by atoms with Gasteiger partial charge in [0.15, 0.2) is 9.84 Å². The normalized spacial score (nSPS) is 22.6. The number of rotatable bonds is 6. The molecule has 1 aliphatic rings. The molecule has 0 aromatic carbocycles. The molecule has 1 aliphatic heterocycles. The monoisotopic (exact) mass is 281 g/mol. The third-order valence-corrected chi connectivity index (χ3v) is 5.44. The maximum absolute atomic E-state index is 11.9. The van der Waals surface area contributed by atoms with E-state index in [1.807, 2.05) is 6.92 Å². The predicted molar refractivity (Wildman–Crippen MR) is 68.9 cm³/mol. The number of thioether (sulfide) groups is 1. The van der Waals surface area contributed by atoms with Crippen LogP contribution in [0.5, 0.6) is 0 Å². The van der Waals surface area contributed by atoms with Crippen molar-refractivity contribution in [2.75, 3.05) is 36.2 Å². The molecule has 1 unspecified atom stereocenters. The number of sulfone groups is 1. The predicted octanol–water partition coefficient (Wildman–Crippen LogP) is -0.253. The van der Waals surface area contributed by atoms with Gasteiger partial charge in [-0.15, -0.1) is 11.8 Å². The van der Waals surface area contributed by atoms with Crippen LogP contribution in [-0.4, -0.2) is 66.5 Å². The van der Waals surface area contributed by atoms with Crippen molar-refractivity contribution in [3.05, 3.63) is 0 Å². The van der Waals surface area contributed by atoms with Crippen LogP contribution in [-0.2, 0) is 14.6 Å². The number of carbonyl (C=O) groups excluding carboxylic acids is 1. The number of hydrogen-bond acceptors (Lipinski definition) is 5. The topological polar surface area (TPSA) is 74.7 Å². The first kappa shape index (κ1) is 14.8. The summed E-state index contributed by atoms with van der Waals surface area (Å²) in [6.45, 7) is 2.46. The van der Waals surface area contributed by atoms with Crippen molar-refractivity contribution in [3.63, 3.8) is 0 Å². The summed E-state index contributed by atoms with van der Waals surface area (Å²) < 4.78 is 22.7. The van der Waals surface area contributed by atoms with E-state index in [1.54, 1.807) is 4.90 Å². The largest absolute Gasteiger partial charge is 0.396 e. The van der Waals surface area contributed by atoms with Gasteiger partial charge in [-0.2, -0.15) is 0 Å². The fraction of sp³-hybridized carbons (Fsp3) is 0.900. The summed E-state index contributed by atoms with van der Waals surface area (Å²) in [7, 11) is -2.95. The Hall–Kier alpha value is -0.270. The number of hydrogen-bond donors (Lipinski definition) is 1. The number of aliphatic hydroxyl groups is 1. The van der Waals surface area contributed by atoms with Crippen molar-refractivity contribution in [2.24, 2.45) is 0 Å². The Morgan fingerprint density at radius 1 is 1.53 bits per heavy atom. The number of aliphatic hydroxyl groups excluding tert-OH is 1. The summed E-state index contributed by atoms with van der Waals surface area (Å²) >= 11 is 1.37. The average Bonchev–Trinajstić information content (AvgIpc) is 2.60. The highest BCUT2D eigenvalue weighted by atomic mass is 32.2. The minimum atomic E-state index is -2.95. The molecular weight excluding hydrogens is 262 g/mol. The van der Waals surface area contributed by atoms with Gasteiger partial charge >= 0.3 is 0 Å². The molecule has 1 atom stereocenters. The smallest absolute Gasteiger partial charge is 0.232 e. The molecule has 0 spiro atoms.